The van der Waals surface area contributed by atoms with Gasteiger partial charge in [-0.25, -0.2) is 0 Å². The minimum Gasteiger partial charge on any atom is -0.383 e. The number of nitrogens with zero attached hydrogens (tertiary/aromatic N) is 2. The van der Waals surface area contributed by atoms with Crippen molar-refractivity contribution in [3.05, 3.63) is 51.8 Å². The van der Waals surface area contributed by atoms with Gasteiger partial charge in [-0.3, -0.25) is 4.68 Å². The Balaban J connectivity index is 2.35. The van der Waals surface area contributed by atoms with E-state index in [0.717, 1.165) is 21.3 Å². The van der Waals surface area contributed by atoms with Crippen molar-refractivity contribution in [2.75, 3.05) is 13.7 Å². The molecule has 1 aromatic carbocycles. The van der Waals surface area contributed by atoms with E-state index in [1.165, 1.54) is 0 Å². The predicted molar refractivity (Wildman–Crippen MR) is 77.0 cm³/mol. The summed E-state index contributed by atoms with van der Waals surface area (Å²) in [6.07, 6.45) is 1.00. The molecule has 0 aliphatic rings. The van der Waals surface area contributed by atoms with Gasteiger partial charge in [0.15, 0.2) is 0 Å². The second-order valence-corrected chi connectivity index (χ2v) is 5.21. The maximum atomic E-state index is 10.6. The molecular weight excluding hydrogens is 308 g/mol. The summed E-state index contributed by atoms with van der Waals surface area (Å²) in [6.45, 7) is 3.16. The van der Waals surface area contributed by atoms with Crippen molar-refractivity contribution in [2.24, 2.45) is 0 Å². The highest BCUT2D eigenvalue weighted by Gasteiger charge is 2.20. The Morgan fingerprint density at radius 2 is 2.16 bits per heavy atom. The average Bonchev–Trinajstić information content (AvgIpc) is 2.77. The van der Waals surface area contributed by atoms with Gasteiger partial charge in [-0.1, -0.05) is 24.3 Å². The molecule has 5 heteroatoms. The van der Waals surface area contributed by atoms with Gasteiger partial charge in [-0.15, -0.1) is 0 Å². The number of aliphatic hydroxyl groups is 1. The summed E-state index contributed by atoms with van der Waals surface area (Å²) in [5.74, 6) is 0. The second-order valence-electron chi connectivity index (χ2n) is 4.35. The van der Waals surface area contributed by atoms with Crippen LogP contribution >= 0.6 is 15.9 Å². The van der Waals surface area contributed by atoms with Crippen LogP contribution in [0, 0.1) is 6.92 Å². The van der Waals surface area contributed by atoms with Crippen LogP contribution in [0.2, 0.25) is 0 Å². The minimum absolute atomic E-state index is 0.557. The molecule has 0 amide bonds. The van der Waals surface area contributed by atoms with Gasteiger partial charge < -0.3 is 9.84 Å². The summed E-state index contributed by atoms with van der Waals surface area (Å²) in [5, 5.41) is 14.9. The van der Waals surface area contributed by atoms with Gasteiger partial charge in [-0.2, -0.15) is 5.10 Å². The van der Waals surface area contributed by atoms with Crippen LogP contribution in [0.15, 0.2) is 34.9 Å². The van der Waals surface area contributed by atoms with Crippen molar-refractivity contribution < 1.29 is 9.84 Å². The summed E-state index contributed by atoms with van der Waals surface area (Å²) < 4.78 is 7.63. The first-order valence-corrected chi connectivity index (χ1v) is 6.88. The Morgan fingerprint density at radius 3 is 2.84 bits per heavy atom. The van der Waals surface area contributed by atoms with E-state index in [1.807, 2.05) is 31.2 Å². The Kier molecular flexibility index (Phi) is 4.74. The van der Waals surface area contributed by atoms with E-state index in [4.69, 9.17) is 4.74 Å². The molecule has 0 saturated heterocycles. The van der Waals surface area contributed by atoms with E-state index in [-0.39, 0.29) is 0 Å². The Morgan fingerprint density at radius 1 is 1.42 bits per heavy atom. The lowest BCUT2D eigenvalue weighted by molar-refractivity contribution is 0.171. The molecule has 1 unspecified atom stereocenters. The zero-order chi connectivity index (χ0) is 13.8. The number of aromatic nitrogens is 2. The van der Waals surface area contributed by atoms with E-state index >= 15 is 0 Å². The molecule has 2 aromatic rings. The van der Waals surface area contributed by atoms with E-state index in [2.05, 4.69) is 21.0 Å². The van der Waals surface area contributed by atoms with Gasteiger partial charge in [0.2, 0.25) is 0 Å². The summed E-state index contributed by atoms with van der Waals surface area (Å²) in [7, 11) is 1.65. The number of hydrogen-bond donors (Lipinski definition) is 1. The molecule has 0 fully saturated rings. The van der Waals surface area contributed by atoms with Crippen molar-refractivity contribution in [1.29, 1.82) is 0 Å². The van der Waals surface area contributed by atoms with Crippen molar-refractivity contribution >= 4 is 15.9 Å². The number of aryl methyl sites for hydroxylation is 1. The fraction of sp³-hybridized carbons (Fsp3) is 0.357. The fourth-order valence-electron chi connectivity index (χ4n) is 2.04. The first-order chi connectivity index (χ1) is 9.15. The van der Waals surface area contributed by atoms with Crippen molar-refractivity contribution in [1.82, 2.24) is 9.78 Å². The third-order valence-electron chi connectivity index (χ3n) is 3.08. The maximum absolute atomic E-state index is 10.6. The highest BCUT2D eigenvalue weighted by Crippen LogP contribution is 2.30. The lowest BCUT2D eigenvalue weighted by Crippen LogP contribution is -2.14. The fourth-order valence-corrected chi connectivity index (χ4v) is 2.55. The molecule has 1 N–H and O–H groups in total. The van der Waals surface area contributed by atoms with Crippen LogP contribution in [0.5, 0.6) is 0 Å². The zero-order valence-corrected chi connectivity index (χ0v) is 12.6. The highest BCUT2D eigenvalue weighted by molar-refractivity contribution is 9.10. The standard InChI is InChI=1S/C14H17BrN2O2/c1-10-5-3-4-6-11(10)14(18)13-12(15)9-16-17(13)7-8-19-2/h3-6,9,14,18H,7-8H2,1-2H3. The first-order valence-electron chi connectivity index (χ1n) is 6.09. The van der Waals surface area contributed by atoms with Crippen LogP contribution in [0.1, 0.15) is 22.9 Å². The van der Waals surface area contributed by atoms with Crippen LogP contribution in [0.4, 0.5) is 0 Å². The zero-order valence-electron chi connectivity index (χ0n) is 11.0. The number of rotatable bonds is 5. The summed E-state index contributed by atoms with van der Waals surface area (Å²) in [4.78, 5) is 0. The monoisotopic (exact) mass is 324 g/mol. The van der Waals surface area contributed by atoms with Crippen LogP contribution in [-0.4, -0.2) is 28.6 Å². The SMILES string of the molecule is COCCn1ncc(Br)c1C(O)c1ccccc1C. The third-order valence-corrected chi connectivity index (χ3v) is 3.69. The summed E-state index contributed by atoms with van der Waals surface area (Å²) >= 11 is 3.45. The van der Waals surface area contributed by atoms with Crippen molar-refractivity contribution in [3.63, 3.8) is 0 Å². The lowest BCUT2D eigenvalue weighted by atomic mass is 10.0. The number of ether oxygens (including phenoxy) is 1. The molecule has 0 spiro atoms. The van der Waals surface area contributed by atoms with Crippen LogP contribution in [0.25, 0.3) is 0 Å². The van der Waals surface area contributed by atoms with Gasteiger partial charge in [0.25, 0.3) is 0 Å². The molecule has 1 heterocycles. The molecule has 1 atom stereocenters. The molecule has 0 radical (unpaired) electrons. The predicted octanol–water partition coefficient (Wildman–Crippen LogP) is 2.68. The van der Waals surface area contributed by atoms with Gasteiger partial charge in [0, 0.05) is 7.11 Å². The molecular formula is C14H17BrN2O2. The van der Waals surface area contributed by atoms with Gasteiger partial charge in [0.05, 0.1) is 29.5 Å². The number of hydrogen-bond acceptors (Lipinski definition) is 3. The van der Waals surface area contributed by atoms with Gasteiger partial charge in [-0.05, 0) is 34.0 Å². The van der Waals surface area contributed by atoms with E-state index in [9.17, 15) is 5.11 Å². The normalized spacial score (nSPS) is 12.6. The molecule has 1 aromatic heterocycles. The molecule has 2 rings (SSSR count). The molecule has 0 aliphatic heterocycles. The number of aliphatic hydroxyl groups excluding tert-OH is 1. The Labute approximate surface area is 121 Å². The third kappa shape index (κ3) is 3.05. The topological polar surface area (TPSA) is 47.3 Å². The average molecular weight is 325 g/mol. The summed E-state index contributed by atoms with van der Waals surface area (Å²) in [5.41, 5.74) is 2.70. The molecule has 19 heavy (non-hydrogen) atoms. The molecule has 4 nitrogen and oxygen atoms in total. The van der Waals surface area contributed by atoms with Crippen LogP contribution in [0.3, 0.4) is 0 Å². The quantitative estimate of drug-likeness (QED) is 0.919. The van der Waals surface area contributed by atoms with Crippen molar-refractivity contribution in [3.8, 4) is 0 Å². The van der Waals surface area contributed by atoms with Gasteiger partial charge in [0.1, 0.15) is 6.10 Å². The van der Waals surface area contributed by atoms with Crippen LogP contribution < -0.4 is 0 Å². The van der Waals surface area contributed by atoms with Gasteiger partial charge >= 0.3 is 0 Å². The smallest absolute Gasteiger partial charge is 0.122 e. The Bertz CT molecular complexity index is 554. The van der Waals surface area contributed by atoms with E-state index in [0.29, 0.717) is 13.2 Å². The number of methoxy groups -OCH3 is 1. The highest BCUT2D eigenvalue weighted by atomic mass is 79.9. The first kappa shape index (κ1) is 14.2. The van der Waals surface area contributed by atoms with Crippen LogP contribution in [-0.2, 0) is 11.3 Å². The largest absolute Gasteiger partial charge is 0.383 e. The number of halogens is 1. The molecule has 0 bridgehead atoms. The molecule has 102 valence electrons. The number of benzene rings is 1. The van der Waals surface area contributed by atoms with E-state index < -0.39 is 6.10 Å². The minimum atomic E-state index is -0.699. The maximum Gasteiger partial charge on any atom is 0.122 e. The second kappa shape index (κ2) is 6.32. The van der Waals surface area contributed by atoms with E-state index in [1.54, 1.807) is 18.0 Å². The molecule has 0 aliphatic carbocycles. The summed E-state index contributed by atoms with van der Waals surface area (Å²) in [6, 6.07) is 7.81. The lowest BCUT2D eigenvalue weighted by Gasteiger charge is -2.16. The van der Waals surface area contributed by atoms with Crippen molar-refractivity contribution in [2.45, 2.75) is 19.6 Å². The molecule has 0 saturated carbocycles. The Hall–Kier alpha value is -1.17.